The van der Waals surface area contributed by atoms with Gasteiger partial charge in [0, 0.05) is 31.4 Å². The molecule has 1 aliphatic heterocycles. The maximum Gasteiger partial charge on any atom is 0.301 e. The number of aromatic nitrogens is 1. The van der Waals surface area contributed by atoms with Crippen molar-refractivity contribution in [3.05, 3.63) is 40.6 Å². The number of nitro groups is 1. The first kappa shape index (κ1) is 13.8. The van der Waals surface area contributed by atoms with Gasteiger partial charge < -0.3 is 10.2 Å². The Balaban J connectivity index is 2.22. The van der Waals surface area contributed by atoms with Gasteiger partial charge in [-0.2, -0.15) is 0 Å². The Bertz CT molecular complexity index is 699. The third-order valence-corrected chi connectivity index (χ3v) is 4.01. The third-order valence-electron chi connectivity index (χ3n) is 4.01. The van der Waals surface area contributed by atoms with Crippen molar-refractivity contribution in [3.63, 3.8) is 0 Å². The van der Waals surface area contributed by atoms with Crippen LogP contribution < -0.4 is 10.2 Å². The summed E-state index contributed by atoms with van der Waals surface area (Å²) in [5, 5.41) is 15.6. The van der Waals surface area contributed by atoms with E-state index in [0.29, 0.717) is 16.6 Å². The molecule has 1 N–H and O–H groups in total. The third kappa shape index (κ3) is 2.31. The largest absolute Gasteiger partial charge is 0.358 e. The van der Waals surface area contributed by atoms with Crippen LogP contribution in [0.25, 0.3) is 10.9 Å². The highest BCUT2D eigenvalue weighted by Crippen LogP contribution is 2.38. The van der Waals surface area contributed by atoms with Gasteiger partial charge in [-0.05, 0) is 38.1 Å². The number of piperazine rings is 1. The SMILES string of the molecule is CC1(C)CNCCN1c1ccc2ncccc2c1[N+](=O)[O-]. The van der Waals surface area contributed by atoms with Gasteiger partial charge in [0.2, 0.25) is 0 Å². The van der Waals surface area contributed by atoms with Crippen LogP contribution in [0.3, 0.4) is 0 Å². The first-order valence-corrected chi connectivity index (χ1v) is 7.01. The maximum absolute atomic E-state index is 11.6. The molecule has 0 atom stereocenters. The summed E-state index contributed by atoms with van der Waals surface area (Å²) in [6.07, 6.45) is 1.65. The summed E-state index contributed by atoms with van der Waals surface area (Å²) in [6.45, 7) is 6.56. The van der Waals surface area contributed by atoms with Gasteiger partial charge in [0.25, 0.3) is 0 Å². The van der Waals surface area contributed by atoms with Gasteiger partial charge >= 0.3 is 5.69 Å². The molecule has 0 aliphatic carbocycles. The van der Waals surface area contributed by atoms with E-state index < -0.39 is 0 Å². The van der Waals surface area contributed by atoms with Gasteiger partial charge in [-0.3, -0.25) is 15.1 Å². The number of rotatable bonds is 2. The molecule has 0 saturated carbocycles. The minimum Gasteiger partial charge on any atom is -0.358 e. The second-order valence-corrected chi connectivity index (χ2v) is 5.90. The summed E-state index contributed by atoms with van der Waals surface area (Å²) < 4.78 is 0. The molecule has 2 aromatic rings. The van der Waals surface area contributed by atoms with Crippen molar-refractivity contribution in [2.24, 2.45) is 0 Å². The fourth-order valence-electron chi connectivity index (χ4n) is 2.96. The number of anilines is 1. The molecule has 6 nitrogen and oxygen atoms in total. The monoisotopic (exact) mass is 286 g/mol. The van der Waals surface area contributed by atoms with Crippen LogP contribution in [-0.4, -0.2) is 35.1 Å². The molecule has 1 aliphatic rings. The summed E-state index contributed by atoms with van der Waals surface area (Å²) in [6, 6.07) is 7.18. The number of pyridine rings is 1. The van der Waals surface area contributed by atoms with Gasteiger partial charge in [-0.1, -0.05) is 0 Å². The quantitative estimate of drug-likeness (QED) is 0.677. The molecule has 0 amide bonds. The Kier molecular flexibility index (Phi) is 3.25. The van der Waals surface area contributed by atoms with E-state index in [9.17, 15) is 10.1 Å². The molecule has 1 aromatic heterocycles. The first-order valence-electron chi connectivity index (χ1n) is 7.01. The Morgan fingerprint density at radius 1 is 1.38 bits per heavy atom. The number of nitrogens with zero attached hydrogens (tertiary/aromatic N) is 3. The number of fused-ring (bicyclic) bond motifs is 1. The minimum absolute atomic E-state index is 0.149. The Labute approximate surface area is 122 Å². The molecule has 1 saturated heterocycles. The van der Waals surface area contributed by atoms with Crippen LogP contribution in [0.2, 0.25) is 0 Å². The average Bonchev–Trinajstić information content (AvgIpc) is 2.45. The summed E-state index contributed by atoms with van der Waals surface area (Å²) in [7, 11) is 0. The van der Waals surface area contributed by atoms with Crippen molar-refractivity contribution >= 4 is 22.3 Å². The van der Waals surface area contributed by atoms with E-state index in [2.05, 4.69) is 29.0 Å². The van der Waals surface area contributed by atoms with Crippen LogP contribution in [-0.2, 0) is 0 Å². The lowest BCUT2D eigenvalue weighted by molar-refractivity contribution is -0.382. The van der Waals surface area contributed by atoms with Crippen LogP contribution in [0.1, 0.15) is 13.8 Å². The van der Waals surface area contributed by atoms with Gasteiger partial charge in [-0.15, -0.1) is 0 Å². The molecule has 21 heavy (non-hydrogen) atoms. The smallest absolute Gasteiger partial charge is 0.301 e. The number of hydrogen-bond donors (Lipinski definition) is 1. The molecular weight excluding hydrogens is 268 g/mol. The normalized spacial score (nSPS) is 17.9. The van der Waals surface area contributed by atoms with E-state index in [1.54, 1.807) is 18.3 Å². The highest BCUT2D eigenvalue weighted by molar-refractivity contribution is 5.94. The van der Waals surface area contributed by atoms with Crippen LogP contribution in [0, 0.1) is 10.1 Å². The molecule has 3 rings (SSSR count). The number of nitrogens with one attached hydrogen (secondary N) is 1. The molecule has 0 spiro atoms. The number of benzene rings is 1. The zero-order chi connectivity index (χ0) is 15.0. The fourth-order valence-corrected chi connectivity index (χ4v) is 2.96. The molecule has 1 aromatic carbocycles. The van der Waals surface area contributed by atoms with Crippen molar-refractivity contribution in [2.45, 2.75) is 19.4 Å². The Morgan fingerprint density at radius 3 is 2.90 bits per heavy atom. The van der Waals surface area contributed by atoms with Crippen molar-refractivity contribution in [3.8, 4) is 0 Å². The van der Waals surface area contributed by atoms with Gasteiger partial charge in [0.05, 0.1) is 15.8 Å². The summed E-state index contributed by atoms with van der Waals surface area (Å²) in [5.74, 6) is 0. The highest BCUT2D eigenvalue weighted by atomic mass is 16.6. The average molecular weight is 286 g/mol. The van der Waals surface area contributed by atoms with E-state index >= 15 is 0 Å². The minimum atomic E-state index is -0.294. The molecule has 0 bridgehead atoms. The Hall–Kier alpha value is -2.21. The van der Waals surface area contributed by atoms with E-state index in [-0.39, 0.29) is 16.1 Å². The topological polar surface area (TPSA) is 71.3 Å². The van der Waals surface area contributed by atoms with E-state index in [1.165, 1.54) is 0 Å². The lowest BCUT2D eigenvalue weighted by atomic mass is 9.98. The molecule has 0 radical (unpaired) electrons. The van der Waals surface area contributed by atoms with Gasteiger partial charge in [0.1, 0.15) is 5.69 Å². The van der Waals surface area contributed by atoms with Crippen LogP contribution in [0.4, 0.5) is 11.4 Å². The molecular formula is C15H18N4O2. The van der Waals surface area contributed by atoms with Crippen LogP contribution in [0.15, 0.2) is 30.5 Å². The first-order chi connectivity index (χ1) is 10.0. The summed E-state index contributed by atoms with van der Waals surface area (Å²) >= 11 is 0. The lowest BCUT2D eigenvalue weighted by Crippen LogP contribution is -2.58. The van der Waals surface area contributed by atoms with Gasteiger partial charge in [-0.25, -0.2) is 0 Å². The zero-order valence-electron chi connectivity index (χ0n) is 12.2. The molecule has 110 valence electrons. The van der Waals surface area contributed by atoms with Crippen molar-refractivity contribution in [1.82, 2.24) is 10.3 Å². The summed E-state index contributed by atoms with van der Waals surface area (Å²) in [4.78, 5) is 17.7. The number of hydrogen-bond acceptors (Lipinski definition) is 5. The van der Waals surface area contributed by atoms with Crippen molar-refractivity contribution < 1.29 is 4.92 Å². The number of nitro benzene ring substituents is 1. The van der Waals surface area contributed by atoms with Crippen LogP contribution >= 0.6 is 0 Å². The standard InChI is InChI=1S/C15H18N4O2/c1-15(2)10-16-8-9-18(15)13-6-5-12-11(4-3-7-17-12)14(13)19(20)21/h3-7,16H,8-10H2,1-2H3. The fraction of sp³-hybridized carbons (Fsp3) is 0.400. The second-order valence-electron chi connectivity index (χ2n) is 5.90. The molecule has 2 heterocycles. The van der Waals surface area contributed by atoms with Crippen molar-refractivity contribution in [2.75, 3.05) is 24.5 Å². The van der Waals surface area contributed by atoms with E-state index in [1.807, 2.05) is 12.1 Å². The molecule has 0 unspecified atom stereocenters. The second kappa shape index (κ2) is 4.96. The molecule has 1 fully saturated rings. The van der Waals surface area contributed by atoms with Gasteiger partial charge in [0.15, 0.2) is 0 Å². The van der Waals surface area contributed by atoms with E-state index in [4.69, 9.17) is 0 Å². The zero-order valence-corrected chi connectivity index (χ0v) is 12.2. The summed E-state index contributed by atoms with van der Waals surface area (Å²) in [5.41, 5.74) is 1.31. The highest BCUT2D eigenvalue weighted by Gasteiger charge is 2.34. The predicted molar refractivity (Wildman–Crippen MR) is 82.7 cm³/mol. The van der Waals surface area contributed by atoms with Crippen molar-refractivity contribution in [1.29, 1.82) is 0 Å². The predicted octanol–water partition coefficient (Wildman–Crippen LogP) is 2.33. The maximum atomic E-state index is 11.6. The molecule has 6 heteroatoms. The Morgan fingerprint density at radius 2 is 2.19 bits per heavy atom. The van der Waals surface area contributed by atoms with E-state index in [0.717, 1.165) is 19.6 Å². The van der Waals surface area contributed by atoms with Crippen LogP contribution in [0.5, 0.6) is 0 Å². The lowest BCUT2D eigenvalue weighted by Gasteiger charge is -2.44.